The van der Waals surface area contributed by atoms with E-state index in [0.717, 1.165) is 18.4 Å². The van der Waals surface area contributed by atoms with Crippen LogP contribution in [0.25, 0.3) is 10.9 Å². The summed E-state index contributed by atoms with van der Waals surface area (Å²) in [6.07, 6.45) is 3.00. The minimum atomic E-state index is -0.852. The highest BCUT2D eigenvalue weighted by molar-refractivity contribution is 6.25. The number of aliphatic hydroxyl groups excluding tert-OH is 1. The lowest BCUT2D eigenvalue weighted by molar-refractivity contribution is -0.131. The number of carbonyl (C=O) groups is 2. The summed E-state index contributed by atoms with van der Waals surface area (Å²) in [6, 6.07) is 12.1. The number of para-hydroxylation sites is 1. The first-order valence-corrected chi connectivity index (χ1v) is 8.21. The van der Waals surface area contributed by atoms with Crippen LogP contribution in [0.3, 0.4) is 0 Å². The SMILES string of the molecule is C=C.CCCCOCC(O)CC(=O)C=O.c1ccc2ncccc2c1. The highest BCUT2D eigenvalue weighted by Gasteiger charge is 2.09. The first kappa shape index (κ1) is 22.6. The molecule has 0 amide bonds. The molecule has 2 aromatic rings. The number of hydrogen-bond acceptors (Lipinski definition) is 5. The van der Waals surface area contributed by atoms with Gasteiger partial charge in [0.25, 0.3) is 0 Å². The lowest BCUT2D eigenvalue weighted by atomic mass is 10.2. The van der Waals surface area contributed by atoms with Gasteiger partial charge in [0.05, 0.1) is 18.2 Å². The summed E-state index contributed by atoms with van der Waals surface area (Å²) in [6.45, 7) is 8.75. The average Bonchev–Trinajstić information content (AvgIpc) is 2.67. The molecule has 136 valence electrons. The zero-order valence-electron chi connectivity index (χ0n) is 14.8. The number of aromatic nitrogens is 1. The number of rotatable bonds is 8. The molecule has 0 fully saturated rings. The quantitative estimate of drug-likeness (QED) is 0.344. The second-order valence-corrected chi connectivity index (χ2v) is 5.07. The molecular formula is C20H27NO4. The topological polar surface area (TPSA) is 76.5 Å². The third kappa shape index (κ3) is 10.9. The smallest absolute Gasteiger partial charge is 0.197 e. The molecule has 5 heteroatoms. The van der Waals surface area contributed by atoms with Crippen LogP contribution >= 0.6 is 0 Å². The molecular weight excluding hydrogens is 318 g/mol. The second-order valence-electron chi connectivity index (χ2n) is 5.07. The number of pyridine rings is 1. The minimum Gasteiger partial charge on any atom is -0.390 e. The molecule has 1 N–H and O–H groups in total. The fourth-order valence-corrected chi connectivity index (χ4v) is 1.82. The Kier molecular flexibility index (Phi) is 13.7. The van der Waals surface area contributed by atoms with Gasteiger partial charge in [0.15, 0.2) is 12.1 Å². The summed E-state index contributed by atoms with van der Waals surface area (Å²) in [5.74, 6) is -0.591. The van der Waals surface area contributed by atoms with E-state index < -0.39 is 11.9 Å². The predicted octanol–water partition coefficient (Wildman–Crippen LogP) is 3.36. The van der Waals surface area contributed by atoms with E-state index in [1.54, 1.807) is 0 Å². The number of unbranched alkanes of at least 4 members (excludes halogenated alkanes) is 1. The van der Waals surface area contributed by atoms with Crippen LogP contribution in [-0.4, -0.2) is 41.5 Å². The van der Waals surface area contributed by atoms with E-state index in [1.807, 2.05) is 37.4 Å². The molecule has 1 unspecified atom stereocenters. The van der Waals surface area contributed by atoms with Gasteiger partial charge >= 0.3 is 0 Å². The van der Waals surface area contributed by atoms with Crippen molar-refractivity contribution in [2.24, 2.45) is 0 Å². The van der Waals surface area contributed by atoms with Crippen LogP contribution in [-0.2, 0) is 14.3 Å². The summed E-state index contributed by atoms with van der Waals surface area (Å²) < 4.78 is 5.06. The van der Waals surface area contributed by atoms with E-state index in [1.165, 1.54) is 5.39 Å². The maximum Gasteiger partial charge on any atom is 0.197 e. The van der Waals surface area contributed by atoms with Crippen molar-refractivity contribution in [2.45, 2.75) is 32.3 Å². The van der Waals surface area contributed by atoms with Crippen LogP contribution in [0.2, 0.25) is 0 Å². The second kappa shape index (κ2) is 15.2. The zero-order chi connectivity index (χ0) is 18.9. The van der Waals surface area contributed by atoms with Gasteiger partial charge < -0.3 is 9.84 Å². The largest absolute Gasteiger partial charge is 0.390 e. The Labute approximate surface area is 149 Å². The zero-order valence-corrected chi connectivity index (χ0v) is 14.8. The third-order valence-electron chi connectivity index (χ3n) is 3.03. The number of hydrogen-bond donors (Lipinski definition) is 1. The van der Waals surface area contributed by atoms with E-state index >= 15 is 0 Å². The molecule has 0 aliphatic heterocycles. The minimum absolute atomic E-state index is 0.125. The molecule has 2 rings (SSSR count). The van der Waals surface area contributed by atoms with Gasteiger partial charge in [0.2, 0.25) is 0 Å². The third-order valence-corrected chi connectivity index (χ3v) is 3.03. The van der Waals surface area contributed by atoms with Crippen LogP contribution in [0.5, 0.6) is 0 Å². The molecule has 1 aromatic carbocycles. The number of ketones is 1. The van der Waals surface area contributed by atoms with Crippen molar-refractivity contribution in [1.82, 2.24) is 4.98 Å². The van der Waals surface area contributed by atoms with E-state index in [4.69, 9.17) is 9.84 Å². The van der Waals surface area contributed by atoms with E-state index in [0.29, 0.717) is 6.61 Å². The normalized spacial score (nSPS) is 10.6. The molecule has 5 nitrogen and oxygen atoms in total. The highest BCUT2D eigenvalue weighted by atomic mass is 16.5. The lowest BCUT2D eigenvalue weighted by Crippen LogP contribution is -2.20. The van der Waals surface area contributed by atoms with Gasteiger partial charge in [-0.25, -0.2) is 0 Å². The van der Waals surface area contributed by atoms with Crippen molar-refractivity contribution in [3.63, 3.8) is 0 Å². The van der Waals surface area contributed by atoms with Crippen molar-refractivity contribution in [2.75, 3.05) is 13.2 Å². The molecule has 0 aliphatic carbocycles. The van der Waals surface area contributed by atoms with E-state index in [2.05, 4.69) is 30.3 Å². The monoisotopic (exact) mass is 345 g/mol. The van der Waals surface area contributed by atoms with Gasteiger partial charge in [-0.3, -0.25) is 14.6 Å². The molecule has 0 saturated carbocycles. The molecule has 0 spiro atoms. The number of carbonyl (C=O) groups excluding carboxylic acids is 2. The molecule has 0 aliphatic rings. The fourth-order valence-electron chi connectivity index (χ4n) is 1.82. The number of ether oxygens (including phenoxy) is 1. The number of Topliss-reactive ketones (excluding diaryl/α,β-unsaturated/α-hetero) is 1. The Morgan fingerprint density at radius 3 is 2.60 bits per heavy atom. The summed E-state index contributed by atoms with van der Waals surface area (Å²) in [5.41, 5.74) is 1.06. The van der Waals surface area contributed by atoms with Crippen molar-refractivity contribution in [3.8, 4) is 0 Å². The van der Waals surface area contributed by atoms with Gasteiger partial charge in [-0.05, 0) is 18.6 Å². The number of fused-ring (bicyclic) bond motifs is 1. The Morgan fingerprint density at radius 2 is 1.96 bits per heavy atom. The van der Waals surface area contributed by atoms with Gasteiger partial charge in [0.1, 0.15) is 0 Å². The van der Waals surface area contributed by atoms with Crippen LogP contribution < -0.4 is 0 Å². The summed E-state index contributed by atoms with van der Waals surface area (Å²) in [7, 11) is 0. The van der Waals surface area contributed by atoms with Crippen molar-refractivity contribution in [3.05, 3.63) is 55.8 Å². The van der Waals surface area contributed by atoms with E-state index in [-0.39, 0.29) is 19.3 Å². The molecule has 25 heavy (non-hydrogen) atoms. The molecule has 0 bridgehead atoms. The van der Waals surface area contributed by atoms with Gasteiger partial charge in [-0.1, -0.05) is 37.6 Å². The summed E-state index contributed by atoms with van der Waals surface area (Å²) in [4.78, 5) is 24.6. The maximum atomic E-state index is 10.5. The standard InChI is InChI=1S/C9H7N.C9H16O4.C2H4/c1-2-6-9-8(4-1)5-3-7-10-9;1-2-3-4-13-7-9(12)5-8(11)6-10;1-2/h1-7H;6,9,12H,2-5,7H2,1H3;1-2H2. The first-order chi connectivity index (χ1) is 12.2. The van der Waals surface area contributed by atoms with Crippen molar-refractivity contribution >= 4 is 23.0 Å². The average molecular weight is 345 g/mol. The Balaban J connectivity index is 0.000000426. The van der Waals surface area contributed by atoms with Crippen LogP contribution in [0.15, 0.2) is 55.8 Å². The Hall–Kier alpha value is -2.37. The summed E-state index contributed by atoms with van der Waals surface area (Å²) in [5, 5.41) is 10.3. The van der Waals surface area contributed by atoms with E-state index in [9.17, 15) is 9.59 Å². The highest BCUT2D eigenvalue weighted by Crippen LogP contribution is 2.07. The molecule has 1 heterocycles. The van der Waals surface area contributed by atoms with Gasteiger partial charge in [0, 0.05) is 24.6 Å². The fraction of sp³-hybridized carbons (Fsp3) is 0.350. The van der Waals surface area contributed by atoms with Gasteiger partial charge in [-0.15, -0.1) is 13.2 Å². The number of nitrogens with zero attached hydrogens (tertiary/aromatic N) is 1. The number of aliphatic hydroxyl groups is 1. The Bertz CT molecular complexity index is 550. The molecule has 0 saturated heterocycles. The van der Waals surface area contributed by atoms with Gasteiger partial charge in [-0.2, -0.15) is 0 Å². The van der Waals surface area contributed by atoms with Crippen molar-refractivity contribution in [1.29, 1.82) is 0 Å². The molecule has 1 aromatic heterocycles. The van der Waals surface area contributed by atoms with Crippen LogP contribution in [0, 0.1) is 0 Å². The van der Waals surface area contributed by atoms with Crippen molar-refractivity contribution < 1.29 is 19.4 Å². The number of benzene rings is 1. The first-order valence-electron chi connectivity index (χ1n) is 8.21. The van der Waals surface area contributed by atoms with Crippen LogP contribution in [0.4, 0.5) is 0 Å². The lowest BCUT2D eigenvalue weighted by Gasteiger charge is -2.08. The summed E-state index contributed by atoms with van der Waals surface area (Å²) >= 11 is 0. The molecule has 0 radical (unpaired) electrons. The van der Waals surface area contributed by atoms with Crippen LogP contribution in [0.1, 0.15) is 26.2 Å². The molecule has 1 atom stereocenters. The Morgan fingerprint density at radius 1 is 1.28 bits per heavy atom. The maximum absolute atomic E-state index is 10.5. The predicted molar refractivity (Wildman–Crippen MR) is 100 cm³/mol. The number of aldehydes is 1.